The highest BCUT2D eigenvalue weighted by Crippen LogP contribution is 1.93. The lowest BCUT2D eigenvalue weighted by molar-refractivity contribution is 0.281. The van der Waals surface area contributed by atoms with Crippen LogP contribution in [0.25, 0.3) is 0 Å². The summed E-state index contributed by atoms with van der Waals surface area (Å²) in [4.78, 5) is 5.11. The average Bonchev–Trinajstić information content (AvgIpc) is 2.00. The maximum absolute atomic E-state index is 5.41. The molecule has 0 saturated heterocycles. The zero-order chi connectivity index (χ0) is 10.3. The summed E-state index contributed by atoms with van der Waals surface area (Å²) in [7, 11) is 6.30. The number of rotatable bonds is 7. The standard InChI is InChI=1S/C9H21N3S/c1-11(2)7-8-12(3)6-4-5-9(10)13/h4-8H2,1-3H3,(H2,10,13). The van der Waals surface area contributed by atoms with E-state index in [1.54, 1.807) is 0 Å². The summed E-state index contributed by atoms with van der Waals surface area (Å²) in [6.07, 6.45) is 1.93. The molecule has 4 heteroatoms. The first-order valence-electron chi connectivity index (χ1n) is 4.64. The fraction of sp³-hybridized carbons (Fsp3) is 0.889. The quantitative estimate of drug-likeness (QED) is 0.612. The van der Waals surface area contributed by atoms with E-state index in [9.17, 15) is 0 Å². The van der Waals surface area contributed by atoms with Gasteiger partial charge >= 0.3 is 0 Å². The van der Waals surface area contributed by atoms with Crippen LogP contribution in [0.4, 0.5) is 0 Å². The maximum atomic E-state index is 5.41. The summed E-state index contributed by atoms with van der Waals surface area (Å²) in [6.45, 7) is 3.28. The molecule has 0 aromatic heterocycles. The Morgan fingerprint density at radius 3 is 2.23 bits per heavy atom. The molecule has 0 fully saturated rings. The molecule has 2 N–H and O–H groups in total. The van der Waals surface area contributed by atoms with Crippen LogP contribution in [0.3, 0.4) is 0 Å². The van der Waals surface area contributed by atoms with E-state index in [0.717, 1.165) is 32.5 Å². The Hall–Kier alpha value is -0.190. The predicted octanol–water partition coefficient (Wildman–Crippen LogP) is 0.546. The Kier molecular flexibility index (Phi) is 7.13. The smallest absolute Gasteiger partial charge is 0.0727 e. The van der Waals surface area contributed by atoms with E-state index >= 15 is 0 Å². The van der Waals surface area contributed by atoms with Gasteiger partial charge < -0.3 is 15.5 Å². The highest BCUT2D eigenvalue weighted by molar-refractivity contribution is 7.80. The monoisotopic (exact) mass is 203 g/mol. The summed E-state index contributed by atoms with van der Waals surface area (Å²) in [6, 6.07) is 0. The SMILES string of the molecule is CN(C)CCN(C)CCCC(N)=S. The second-order valence-electron chi connectivity index (χ2n) is 3.68. The molecular formula is C9H21N3S. The first-order valence-corrected chi connectivity index (χ1v) is 5.04. The second kappa shape index (κ2) is 7.24. The van der Waals surface area contributed by atoms with Crippen molar-refractivity contribution in [3.8, 4) is 0 Å². The molecule has 0 aromatic carbocycles. The molecule has 0 aliphatic heterocycles. The first-order chi connectivity index (χ1) is 6.02. The van der Waals surface area contributed by atoms with Gasteiger partial charge in [-0.25, -0.2) is 0 Å². The molecule has 0 heterocycles. The van der Waals surface area contributed by atoms with Crippen molar-refractivity contribution in [1.29, 1.82) is 0 Å². The summed E-state index contributed by atoms with van der Waals surface area (Å²) in [5.74, 6) is 0. The van der Waals surface area contributed by atoms with Gasteiger partial charge in [-0.05, 0) is 40.5 Å². The van der Waals surface area contributed by atoms with Crippen molar-refractivity contribution in [3.05, 3.63) is 0 Å². The van der Waals surface area contributed by atoms with Crippen LogP contribution < -0.4 is 5.73 Å². The molecule has 0 aliphatic rings. The Morgan fingerprint density at radius 1 is 1.15 bits per heavy atom. The molecule has 13 heavy (non-hydrogen) atoms. The molecule has 0 unspecified atom stereocenters. The van der Waals surface area contributed by atoms with Crippen LogP contribution in [0.5, 0.6) is 0 Å². The third-order valence-electron chi connectivity index (χ3n) is 1.89. The van der Waals surface area contributed by atoms with Crippen molar-refractivity contribution < 1.29 is 0 Å². The van der Waals surface area contributed by atoms with Crippen LogP contribution in [0.1, 0.15) is 12.8 Å². The van der Waals surface area contributed by atoms with Gasteiger partial charge in [-0.2, -0.15) is 0 Å². The van der Waals surface area contributed by atoms with E-state index in [4.69, 9.17) is 18.0 Å². The molecule has 0 bridgehead atoms. The Bertz CT molecular complexity index is 148. The molecule has 3 nitrogen and oxygen atoms in total. The molecule has 0 rings (SSSR count). The molecule has 0 spiro atoms. The number of hydrogen-bond donors (Lipinski definition) is 1. The highest BCUT2D eigenvalue weighted by atomic mass is 32.1. The zero-order valence-corrected chi connectivity index (χ0v) is 9.73. The summed E-state index contributed by atoms with van der Waals surface area (Å²) in [5.41, 5.74) is 5.41. The van der Waals surface area contributed by atoms with Gasteiger partial charge in [0, 0.05) is 13.1 Å². The Morgan fingerprint density at radius 2 is 1.77 bits per heavy atom. The van der Waals surface area contributed by atoms with E-state index in [1.165, 1.54) is 0 Å². The van der Waals surface area contributed by atoms with Gasteiger partial charge in [0.05, 0.1) is 4.99 Å². The Balaban J connectivity index is 3.29. The Labute approximate surface area is 86.9 Å². The van der Waals surface area contributed by atoms with Gasteiger partial charge in [-0.3, -0.25) is 0 Å². The van der Waals surface area contributed by atoms with Crippen LogP contribution >= 0.6 is 12.2 Å². The molecule has 0 atom stereocenters. The lowest BCUT2D eigenvalue weighted by Crippen LogP contribution is -2.29. The van der Waals surface area contributed by atoms with Gasteiger partial charge in [0.1, 0.15) is 0 Å². The van der Waals surface area contributed by atoms with E-state index in [1.807, 2.05) is 0 Å². The number of hydrogen-bond acceptors (Lipinski definition) is 3. The minimum absolute atomic E-state index is 0.626. The van der Waals surface area contributed by atoms with Crippen molar-refractivity contribution in [1.82, 2.24) is 9.80 Å². The average molecular weight is 203 g/mol. The van der Waals surface area contributed by atoms with Crippen molar-refractivity contribution >= 4 is 17.2 Å². The molecule has 0 saturated carbocycles. The van der Waals surface area contributed by atoms with Crippen LogP contribution in [-0.2, 0) is 0 Å². The van der Waals surface area contributed by atoms with Crippen molar-refractivity contribution in [2.24, 2.45) is 5.73 Å². The van der Waals surface area contributed by atoms with Gasteiger partial charge in [0.25, 0.3) is 0 Å². The van der Waals surface area contributed by atoms with E-state index in [2.05, 4.69) is 30.9 Å². The highest BCUT2D eigenvalue weighted by Gasteiger charge is 1.99. The zero-order valence-electron chi connectivity index (χ0n) is 8.92. The van der Waals surface area contributed by atoms with E-state index < -0.39 is 0 Å². The molecular weight excluding hydrogens is 182 g/mol. The molecule has 78 valence electrons. The fourth-order valence-electron chi connectivity index (χ4n) is 1.01. The lowest BCUT2D eigenvalue weighted by atomic mass is 10.3. The number of likely N-dealkylation sites (N-methyl/N-ethyl adjacent to an activating group) is 2. The molecule has 0 radical (unpaired) electrons. The van der Waals surface area contributed by atoms with Gasteiger partial charge in [0.15, 0.2) is 0 Å². The van der Waals surface area contributed by atoms with Crippen molar-refractivity contribution in [3.63, 3.8) is 0 Å². The minimum atomic E-state index is 0.626. The third kappa shape index (κ3) is 9.73. The summed E-state index contributed by atoms with van der Waals surface area (Å²) >= 11 is 4.80. The normalized spacial score (nSPS) is 11.2. The van der Waals surface area contributed by atoms with Crippen LogP contribution in [0, 0.1) is 0 Å². The van der Waals surface area contributed by atoms with Gasteiger partial charge in [0.2, 0.25) is 0 Å². The minimum Gasteiger partial charge on any atom is -0.393 e. The second-order valence-corrected chi connectivity index (χ2v) is 4.20. The van der Waals surface area contributed by atoms with Crippen LogP contribution in [0.2, 0.25) is 0 Å². The summed E-state index contributed by atoms with van der Waals surface area (Å²) in [5, 5.41) is 0. The van der Waals surface area contributed by atoms with Crippen molar-refractivity contribution in [2.75, 3.05) is 40.8 Å². The number of thiocarbonyl (C=S) groups is 1. The maximum Gasteiger partial charge on any atom is 0.0727 e. The molecule has 0 aliphatic carbocycles. The predicted molar refractivity (Wildman–Crippen MR) is 62.1 cm³/mol. The topological polar surface area (TPSA) is 32.5 Å². The molecule has 0 aromatic rings. The molecule has 0 amide bonds. The third-order valence-corrected chi connectivity index (χ3v) is 2.10. The van der Waals surface area contributed by atoms with Crippen LogP contribution in [-0.4, -0.2) is 55.6 Å². The van der Waals surface area contributed by atoms with E-state index in [0.29, 0.717) is 4.99 Å². The van der Waals surface area contributed by atoms with Gasteiger partial charge in [-0.1, -0.05) is 12.2 Å². The number of nitrogens with zero attached hydrogens (tertiary/aromatic N) is 2. The number of nitrogens with two attached hydrogens (primary N) is 1. The largest absolute Gasteiger partial charge is 0.393 e. The lowest BCUT2D eigenvalue weighted by Gasteiger charge is -2.18. The van der Waals surface area contributed by atoms with Gasteiger partial charge in [-0.15, -0.1) is 0 Å². The van der Waals surface area contributed by atoms with E-state index in [-0.39, 0.29) is 0 Å². The first kappa shape index (κ1) is 12.8. The summed E-state index contributed by atoms with van der Waals surface area (Å²) < 4.78 is 0. The van der Waals surface area contributed by atoms with Crippen LogP contribution in [0.15, 0.2) is 0 Å². The fourth-order valence-corrected chi connectivity index (χ4v) is 1.15. The van der Waals surface area contributed by atoms with Crippen molar-refractivity contribution in [2.45, 2.75) is 12.8 Å².